The molecule has 0 fully saturated rings. The molecule has 3 rings (SSSR count). The second-order valence-electron chi connectivity index (χ2n) is 4.34. The van der Waals surface area contributed by atoms with Crippen LogP contribution in [0.15, 0.2) is 45.6 Å². The van der Waals surface area contributed by atoms with Gasteiger partial charge in [0.15, 0.2) is 5.58 Å². The van der Waals surface area contributed by atoms with Gasteiger partial charge in [-0.15, -0.1) is 0 Å². The molecular weight excluding hydrogens is 301 g/mol. The van der Waals surface area contributed by atoms with Crippen LogP contribution in [0.2, 0.25) is 10.0 Å². The summed E-state index contributed by atoms with van der Waals surface area (Å²) in [5.41, 5.74) is 2.07. The summed E-state index contributed by atoms with van der Waals surface area (Å²) in [5.74, 6) is -0.531. The highest BCUT2D eigenvalue weighted by Gasteiger charge is 2.15. The molecule has 102 valence electrons. The van der Waals surface area contributed by atoms with Crippen LogP contribution in [0.5, 0.6) is 0 Å². The lowest BCUT2D eigenvalue weighted by Gasteiger charge is -2.13. The predicted molar refractivity (Wildman–Crippen MR) is 77.4 cm³/mol. The Morgan fingerprint density at radius 1 is 1.15 bits per heavy atom. The number of oxazole rings is 1. The molecule has 2 N–H and O–H groups in total. The lowest BCUT2D eigenvalue weighted by molar-refractivity contribution is 0.220. The summed E-state index contributed by atoms with van der Waals surface area (Å²) < 4.78 is 4.97. The molecule has 1 heterocycles. The topological polar surface area (TPSA) is 66.2 Å². The number of halogens is 2. The molecule has 0 amide bonds. The van der Waals surface area contributed by atoms with E-state index in [1.54, 1.807) is 36.4 Å². The van der Waals surface area contributed by atoms with Crippen LogP contribution in [0.25, 0.3) is 11.1 Å². The van der Waals surface area contributed by atoms with E-state index >= 15 is 0 Å². The number of rotatable bonds is 2. The van der Waals surface area contributed by atoms with Gasteiger partial charge >= 0.3 is 5.76 Å². The highest BCUT2D eigenvalue weighted by Crippen LogP contribution is 2.31. The van der Waals surface area contributed by atoms with E-state index in [4.69, 9.17) is 27.6 Å². The smallest absolute Gasteiger partial charge is 0.408 e. The summed E-state index contributed by atoms with van der Waals surface area (Å²) in [6, 6.07) is 9.85. The molecule has 0 aliphatic carbocycles. The Bertz CT molecular complexity index is 838. The minimum absolute atomic E-state index is 0.376. The minimum Gasteiger partial charge on any atom is -0.408 e. The van der Waals surface area contributed by atoms with Crippen LogP contribution in [-0.2, 0) is 0 Å². The highest BCUT2D eigenvalue weighted by molar-refractivity contribution is 6.35. The SMILES string of the molecule is O=c1[nH]c2ccc(C(O)c3ccc(Cl)cc3Cl)cc2o1. The number of aliphatic hydroxyl groups is 1. The van der Waals surface area contributed by atoms with E-state index in [2.05, 4.69) is 4.98 Å². The number of benzene rings is 2. The number of aromatic nitrogens is 1. The maximum atomic E-state index is 11.1. The van der Waals surface area contributed by atoms with Gasteiger partial charge in [0.1, 0.15) is 6.10 Å². The van der Waals surface area contributed by atoms with Crippen LogP contribution in [0.1, 0.15) is 17.2 Å². The van der Waals surface area contributed by atoms with Crippen LogP contribution in [0, 0.1) is 0 Å². The first kappa shape index (κ1) is 13.2. The molecule has 2 aromatic carbocycles. The first-order valence-corrected chi connectivity index (χ1v) is 6.56. The van der Waals surface area contributed by atoms with Gasteiger partial charge in [-0.2, -0.15) is 0 Å². The van der Waals surface area contributed by atoms with Crippen molar-refractivity contribution in [1.82, 2.24) is 4.98 Å². The molecule has 0 bridgehead atoms. The van der Waals surface area contributed by atoms with Crippen molar-refractivity contribution in [3.05, 3.63) is 68.1 Å². The van der Waals surface area contributed by atoms with E-state index in [1.165, 1.54) is 0 Å². The third-order valence-electron chi connectivity index (χ3n) is 3.02. The fourth-order valence-corrected chi connectivity index (χ4v) is 2.55. The molecule has 1 aromatic heterocycles. The monoisotopic (exact) mass is 309 g/mol. The first-order chi connectivity index (χ1) is 9.54. The van der Waals surface area contributed by atoms with Crippen LogP contribution in [-0.4, -0.2) is 10.1 Å². The van der Waals surface area contributed by atoms with Crippen molar-refractivity contribution >= 4 is 34.3 Å². The minimum atomic E-state index is -0.927. The van der Waals surface area contributed by atoms with Gasteiger partial charge < -0.3 is 9.52 Å². The van der Waals surface area contributed by atoms with Gasteiger partial charge in [0.25, 0.3) is 0 Å². The molecule has 0 saturated carbocycles. The highest BCUT2D eigenvalue weighted by atomic mass is 35.5. The number of hydrogen-bond donors (Lipinski definition) is 2. The molecule has 20 heavy (non-hydrogen) atoms. The van der Waals surface area contributed by atoms with Crippen LogP contribution in [0.4, 0.5) is 0 Å². The molecule has 0 aliphatic heterocycles. The third-order valence-corrected chi connectivity index (χ3v) is 3.58. The third kappa shape index (κ3) is 2.33. The van der Waals surface area contributed by atoms with Gasteiger partial charge in [-0.25, -0.2) is 4.79 Å². The zero-order valence-corrected chi connectivity index (χ0v) is 11.6. The van der Waals surface area contributed by atoms with Crippen molar-refractivity contribution in [1.29, 1.82) is 0 Å². The summed E-state index contributed by atoms with van der Waals surface area (Å²) in [6.45, 7) is 0. The Labute approximate surface area is 123 Å². The van der Waals surface area contributed by atoms with Gasteiger partial charge in [-0.05, 0) is 29.8 Å². The zero-order valence-electron chi connectivity index (χ0n) is 10.1. The summed E-state index contributed by atoms with van der Waals surface area (Å²) >= 11 is 11.9. The molecular formula is C14H9Cl2NO3. The predicted octanol–water partition coefficient (Wildman–Crippen LogP) is 3.51. The molecule has 0 saturated heterocycles. The summed E-state index contributed by atoms with van der Waals surface area (Å²) in [7, 11) is 0. The van der Waals surface area contributed by atoms with Crippen LogP contribution >= 0.6 is 23.2 Å². The van der Waals surface area contributed by atoms with E-state index in [0.717, 1.165) is 0 Å². The zero-order chi connectivity index (χ0) is 14.3. The number of aliphatic hydroxyl groups excluding tert-OH is 1. The van der Waals surface area contributed by atoms with Gasteiger partial charge in [0.2, 0.25) is 0 Å². The molecule has 0 radical (unpaired) electrons. The molecule has 6 heteroatoms. The fraction of sp³-hybridized carbons (Fsp3) is 0.0714. The van der Waals surface area contributed by atoms with E-state index in [9.17, 15) is 9.90 Å². The van der Waals surface area contributed by atoms with Gasteiger partial charge in [-0.3, -0.25) is 4.98 Å². The standard InChI is InChI=1S/C14H9Cl2NO3/c15-8-2-3-9(10(16)6-8)13(18)7-1-4-11-12(5-7)20-14(19)17-11/h1-6,13,18H,(H,17,19). The average Bonchev–Trinajstić information content (AvgIpc) is 2.77. The summed E-state index contributed by atoms with van der Waals surface area (Å²) in [4.78, 5) is 13.6. The summed E-state index contributed by atoms with van der Waals surface area (Å²) in [6.07, 6.45) is -0.927. The van der Waals surface area contributed by atoms with Gasteiger partial charge in [0.05, 0.1) is 5.52 Å². The lowest BCUT2D eigenvalue weighted by atomic mass is 10.0. The number of aromatic amines is 1. The molecule has 3 aromatic rings. The largest absolute Gasteiger partial charge is 0.417 e. The van der Waals surface area contributed by atoms with Crippen molar-refractivity contribution in [2.24, 2.45) is 0 Å². The normalized spacial score (nSPS) is 12.8. The van der Waals surface area contributed by atoms with Crippen molar-refractivity contribution in [3.63, 3.8) is 0 Å². The second kappa shape index (κ2) is 4.98. The Balaban J connectivity index is 2.06. The van der Waals surface area contributed by atoms with E-state index < -0.39 is 11.9 Å². The number of H-pyrrole nitrogens is 1. The van der Waals surface area contributed by atoms with Gasteiger partial charge in [-0.1, -0.05) is 35.3 Å². The Morgan fingerprint density at radius 2 is 1.95 bits per heavy atom. The van der Waals surface area contributed by atoms with E-state index in [0.29, 0.717) is 32.3 Å². The lowest BCUT2D eigenvalue weighted by Crippen LogP contribution is -2.00. The van der Waals surface area contributed by atoms with Crippen molar-refractivity contribution in [3.8, 4) is 0 Å². The first-order valence-electron chi connectivity index (χ1n) is 5.80. The molecule has 0 aliphatic rings. The fourth-order valence-electron chi connectivity index (χ4n) is 2.03. The molecule has 0 spiro atoms. The Kier molecular flexibility index (Phi) is 3.30. The van der Waals surface area contributed by atoms with Crippen molar-refractivity contribution < 1.29 is 9.52 Å². The Morgan fingerprint density at radius 3 is 2.70 bits per heavy atom. The molecule has 4 nitrogen and oxygen atoms in total. The van der Waals surface area contributed by atoms with E-state index in [-0.39, 0.29) is 0 Å². The summed E-state index contributed by atoms with van der Waals surface area (Å²) in [5, 5.41) is 11.2. The molecule has 1 unspecified atom stereocenters. The van der Waals surface area contributed by atoms with E-state index in [1.807, 2.05) is 0 Å². The second-order valence-corrected chi connectivity index (χ2v) is 5.18. The number of fused-ring (bicyclic) bond motifs is 1. The number of hydrogen-bond acceptors (Lipinski definition) is 3. The van der Waals surface area contributed by atoms with Crippen LogP contribution in [0.3, 0.4) is 0 Å². The Hall–Kier alpha value is -1.75. The number of nitrogens with one attached hydrogen (secondary N) is 1. The maximum Gasteiger partial charge on any atom is 0.417 e. The maximum absolute atomic E-state index is 11.1. The quantitative estimate of drug-likeness (QED) is 0.761. The van der Waals surface area contributed by atoms with Crippen molar-refractivity contribution in [2.75, 3.05) is 0 Å². The van der Waals surface area contributed by atoms with Gasteiger partial charge in [0, 0.05) is 15.6 Å². The van der Waals surface area contributed by atoms with Crippen molar-refractivity contribution in [2.45, 2.75) is 6.10 Å². The van der Waals surface area contributed by atoms with Crippen LogP contribution < -0.4 is 5.76 Å². The average molecular weight is 310 g/mol. The molecule has 1 atom stereocenters.